The highest BCUT2D eigenvalue weighted by Gasteiger charge is 2.18. The van der Waals surface area contributed by atoms with Crippen molar-refractivity contribution in [3.05, 3.63) is 22.0 Å². The van der Waals surface area contributed by atoms with Crippen molar-refractivity contribution in [2.75, 3.05) is 0 Å². The lowest BCUT2D eigenvalue weighted by molar-refractivity contribution is 0.607. The first-order chi connectivity index (χ1) is 4.66. The number of hydrogen-bond acceptors (Lipinski definition) is 0. The van der Waals surface area contributed by atoms with Gasteiger partial charge in [-0.25, -0.2) is 4.39 Å². The second kappa shape index (κ2) is 2.75. The second-order valence-corrected chi connectivity index (χ2v) is 2.89. The van der Waals surface area contributed by atoms with Gasteiger partial charge in [-0.1, -0.05) is 18.5 Å². The molecule has 56 valence electrons. The Morgan fingerprint density at radius 2 is 2.20 bits per heavy atom. The standard InChI is InChI=1S/C8H10ClF/c1-3-6-7(10)4-5(2)8(6)9/h3-4H2,1-2H3. The largest absolute Gasteiger partial charge is 0.211 e. The normalized spacial score (nSPS) is 19.2. The third-order valence-electron chi connectivity index (χ3n) is 1.74. The van der Waals surface area contributed by atoms with Gasteiger partial charge in [-0.3, -0.25) is 0 Å². The van der Waals surface area contributed by atoms with Gasteiger partial charge in [0.1, 0.15) is 5.83 Å². The van der Waals surface area contributed by atoms with Crippen LogP contribution in [0.25, 0.3) is 0 Å². The summed E-state index contributed by atoms with van der Waals surface area (Å²) in [5, 5.41) is 0.639. The van der Waals surface area contributed by atoms with Gasteiger partial charge in [-0.15, -0.1) is 0 Å². The van der Waals surface area contributed by atoms with Gasteiger partial charge in [0.25, 0.3) is 0 Å². The molecule has 1 aliphatic carbocycles. The SMILES string of the molecule is CCC1=C(F)CC(C)=C1Cl. The molecule has 0 aromatic carbocycles. The van der Waals surface area contributed by atoms with Gasteiger partial charge in [-0.2, -0.15) is 0 Å². The molecule has 0 saturated heterocycles. The van der Waals surface area contributed by atoms with E-state index in [0.29, 0.717) is 23.4 Å². The van der Waals surface area contributed by atoms with Crippen LogP contribution >= 0.6 is 11.6 Å². The first-order valence-electron chi connectivity index (χ1n) is 3.40. The van der Waals surface area contributed by atoms with Crippen LogP contribution < -0.4 is 0 Å². The molecule has 0 saturated carbocycles. The van der Waals surface area contributed by atoms with Gasteiger partial charge >= 0.3 is 0 Å². The van der Waals surface area contributed by atoms with Crippen molar-refractivity contribution in [1.82, 2.24) is 0 Å². The number of allylic oxidation sites excluding steroid dienone is 4. The summed E-state index contributed by atoms with van der Waals surface area (Å²) >= 11 is 5.81. The minimum Gasteiger partial charge on any atom is -0.211 e. The maximum absolute atomic E-state index is 12.8. The molecule has 0 unspecified atom stereocenters. The topological polar surface area (TPSA) is 0 Å². The summed E-state index contributed by atoms with van der Waals surface area (Å²) in [6, 6.07) is 0. The summed E-state index contributed by atoms with van der Waals surface area (Å²) in [6.45, 7) is 3.78. The molecular weight excluding hydrogens is 151 g/mol. The van der Waals surface area contributed by atoms with Gasteiger partial charge in [0.2, 0.25) is 0 Å². The molecule has 0 aromatic rings. The molecule has 1 rings (SSSR count). The maximum atomic E-state index is 12.8. The predicted molar refractivity (Wildman–Crippen MR) is 41.6 cm³/mol. The molecule has 10 heavy (non-hydrogen) atoms. The molecule has 0 aliphatic heterocycles. The highest BCUT2D eigenvalue weighted by Crippen LogP contribution is 2.36. The van der Waals surface area contributed by atoms with Crippen LogP contribution in [0.1, 0.15) is 26.7 Å². The molecule has 0 fully saturated rings. The Hall–Kier alpha value is -0.300. The van der Waals surface area contributed by atoms with E-state index in [1.807, 2.05) is 13.8 Å². The van der Waals surface area contributed by atoms with Gasteiger partial charge in [0.05, 0.1) is 0 Å². The van der Waals surface area contributed by atoms with Gasteiger partial charge < -0.3 is 0 Å². The van der Waals surface area contributed by atoms with E-state index >= 15 is 0 Å². The Morgan fingerprint density at radius 3 is 2.40 bits per heavy atom. The average molecular weight is 161 g/mol. The maximum Gasteiger partial charge on any atom is 0.109 e. The number of hydrogen-bond donors (Lipinski definition) is 0. The fraction of sp³-hybridized carbons (Fsp3) is 0.500. The van der Waals surface area contributed by atoms with Gasteiger partial charge in [0.15, 0.2) is 0 Å². The lowest BCUT2D eigenvalue weighted by atomic mass is 10.2. The summed E-state index contributed by atoms with van der Waals surface area (Å²) in [4.78, 5) is 0. The van der Waals surface area contributed by atoms with Crippen molar-refractivity contribution in [2.24, 2.45) is 0 Å². The van der Waals surface area contributed by atoms with Crippen molar-refractivity contribution in [2.45, 2.75) is 26.7 Å². The second-order valence-electron chi connectivity index (χ2n) is 2.51. The zero-order chi connectivity index (χ0) is 7.72. The fourth-order valence-electron chi connectivity index (χ4n) is 1.14. The zero-order valence-electron chi connectivity index (χ0n) is 6.17. The van der Waals surface area contributed by atoms with Crippen molar-refractivity contribution in [3.8, 4) is 0 Å². The highest BCUT2D eigenvalue weighted by molar-refractivity contribution is 6.32. The lowest BCUT2D eigenvalue weighted by Gasteiger charge is -1.95. The third kappa shape index (κ3) is 1.10. The Bertz CT molecular complexity index is 213. The molecule has 2 heteroatoms. The highest BCUT2D eigenvalue weighted by atomic mass is 35.5. The van der Waals surface area contributed by atoms with Crippen molar-refractivity contribution in [1.29, 1.82) is 0 Å². The van der Waals surface area contributed by atoms with Crippen molar-refractivity contribution in [3.63, 3.8) is 0 Å². The first-order valence-corrected chi connectivity index (χ1v) is 3.77. The molecule has 0 N–H and O–H groups in total. The minimum atomic E-state index is -0.0509. The summed E-state index contributed by atoms with van der Waals surface area (Å²) in [6.07, 6.45) is 1.12. The molecule has 0 atom stereocenters. The van der Waals surface area contributed by atoms with Gasteiger partial charge in [0, 0.05) is 17.0 Å². The van der Waals surface area contributed by atoms with Crippen molar-refractivity contribution < 1.29 is 4.39 Å². The number of rotatable bonds is 1. The Balaban J connectivity index is 2.94. The van der Waals surface area contributed by atoms with Crippen molar-refractivity contribution >= 4 is 11.6 Å². The Kier molecular flexibility index (Phi) is 2.14. The first kappa shape index (κ1) is 7.80. The molecule has 0 aromatic heterocycles. The smallest absolute Gasteiger partial charge is 0.109 e. The summed E-state index contributed by atoms with van der Waals surface area (Å²) in [5.74, 6) is -0.0509. The van der Waals surface area contributed by atoms with Crippen LogP contribution in [0.2, 0.25) is 0 Å². The third-order valence-corrected chi connectivity index (χ3v) is 2.29. The summed E-state index contributed by atoms with van der Waals surface area (Å²) < 4.78 is 12.8. The molecule has 0 radical (unpaired) electrons. The van der Waals surface area contributed by atoms with E-state index in [9.17, 15) is 4.39 Å². The molecule has 0 heterocycles. The Labute approximate surface area is 65.4 Å². The molecule has 0 bridgehead atoms. The van der Waals surface area contributed by atoms with Crippen LogP contribution in [-0.4, -0.2) is 0 Å². The van der Waals surface area contributed by atoms with Crippen LogP contribution in [-0.2, 0) is 0 Å². The van der Waals surface area contributed by atoms with Crippen LogP contribution in [0.15, 0.2) is 22.0 Å². The van der Waals surface area contributed by atoms with E-state index in [2.05, 4.69) is 0 Å². The average Bonchev–Trinajstić information content (AvgIpc) is 2.09. The lowest BCUT2D eigenvalue weighted by Crippen LogP contribution is -1.77. The minimum absolute atomic E-state index is 0.0509. The molecular formula is C8H10ClF. The Morgan fingerprint density at radius 1 is 1.60 bits per heavy atom. The van der Waals surface area contributed by atoms with Crippen LogP contribution in [0.4, 0.5) is 4.39 Å². The summed E-state index contributed by atoms with van der Waals surface area (Å²) in [7, 11) is 0. The zero-order valence-corrected chi connectivity index (χ0v) is 6.93. The van der Waals surface area contributed by atoms with E-state index in [4.69, 9.17) is 11.6 Å². The van der Waals surface area contributed by atoms with E-state index in [0.717, 1.165) is 5.57 Å². The fourth-order valence-corrected chi connectivity index (χ4v) is 1.44. The monoisotopic (exact) mass is 160 g/mol. The molecule has 1 aliphatic rings. The van der Waals surface area contributed by atoms with Crippen LogP contribution in [0.5, 0.6) is 0 Å². The van der Waals surface area contributed by atoms with E-state index in [1.165, 1.54) is 0 Å². The van der Waals surface area contributed by atoms with E-state index < -0.39 is 0 Å². The predicted octanol–water partition coefficient (Wildman–Crippen LogP) is 3.54. The van der Waals surface area contributed by atoms with Crippen LogP contribution in [0, 0.1) is 0 Å². The van der Waals surface area contributed by atoms with E-state index in [1.54, 1.807) is 0 Å². The molecule has 0 amide bonds. The quantitative estimate of drug-likeness (QED) is 0.551. The molecule has 0 spiro atoms. The number of halogens is 2. The van der Waals surface area contributed by atoms with E-state index in [-0.39, 0.29) is 5.83 Å². The van der Waals surface area contributed by atoms with Crippen LogP contribution in [0.3, 0.4) is 0 Å². The summed E-state index contributed by atoms with van der Waals surface area (Å²) in [5.41, 5.74) is 1.65. The molecule has 0 nitrogen and oxygen atoms in total. The van der Waals surface area contributed by atoms with Gasteiger partial charge in [-0.05, 0) is 18.9 Å².